The highest BCUT2D eigenvalue weighted by atomic mass is 15.2. The minimum absolute atomic E-state index is 0.161. The predicted molar refractivity (Wildman–Crippen MR) is 200 cm³/mol. The highest BCUT2D eigenvalue weighted by Gasteiger charge is 2.45. The van der Waals surface area contributed by atoms with Gasteiger partial charge in [-0.15, -0.1) is 0 Å². The van der Waals surface area contributed by atoms with E-state index in [1.807, 2.05) is 0 Å². The quantitative estimate of drug-likeness (QED) is 0.182. The van der Waals surface area contributed by atoms with Crippen molar-refractivity contribution in [2.75, 3.05) is 4.90 Å². The van der Waals surface area contributed by atoms with E-state index >= 15 is 0 Å². The molecule has 0 radical (unpaired) electrons. The van der Waals surface area contributed by atoms with E-state index in [-0.39, 0.29) is 6.71 Å². The first-order chi connectivity index (χ1) is 23.3. The number of hydrogen-bond donors (Lipinski definition) is 0. The Hall–Kier alpha value is -6.06. The molecule has 4 heterocycles. The summed E-state index contributed by atoms with van der Waals surface area (Å²) in [5, 5.41) is 7.96. The summed E-state index contributed by atoms with van der Waals surface area (Å²) < 4.78 is 2.48. The van der Waals surface area contributed by atoms with Crippen LogP contribution in [0.5, 0.6) is 0 Å². The number of fused-ring (bicyclic) bond motifs is 5. The zero-order valence-corrected chi connectivity index (χ0v) is 25.4. The molecular formula is C44H25BN2. The number of benzene rings is 8. The maximum absolute atomic E-state index is 2.51. The summed E-state index contributed by atoms with van der Waals surface area (Å²) in [5.41, 5.74) is 17.2. The fourth-order valence-corrected chi connectivity index (χ4v) is 9.36. The van der Waals surface area contributed by atoms with Crippen LogP contribution in [0.4, 0.5) is 17.1 Å². The number of aromatic nitrogens is 1. The van der Waals surface area contributed by atoms with Crippen LogP contribution in [0, 0.1) is 0 Å². The van der Waals surface area contributed by atoms with Crippen LogP contribution in [-0.4, -0.2) is 11.3 Å². The van der Waals surface area contributed by atoms with Crippen molar-refractivity contribution < 1.29 is 0 Å². The molecule has 3 heteroatoms. The zero-order chi connectivity index (χ0) is 30.4. The molecular weight excluding hydrogens is 567 g/mol. The van der Waals surface area contributed by atoms with E-state index in [1.165, 1.54) is 105 Å². The van der Waals surface area contributed by atoms with Crippen LogP contribution >= 0.6 is 0 Å². The standard InChI is InChI=1S/C44H25BN2/c1-2-12-28(13-3-1)46-38-22-20-26-10-8-16-32-34-24-29(47-36-18-6-4-14-30(36)31-15-5-7-19-37(31)47)25-35-33-17-9-11-27-21-23-39(46)44(41(27)33)45(42(34)35)43(38)40(26)32/h1-25H. The van der Waals surface area contributed by atoms with Gasteiger partial charge in [-0.25, -0.2) is 0 Å². The third-order valence-electron chi connectivity index (χ3n) is 11.1. The van der Waals surface area contributed by atoms with Crippen LogP contribution in [0.25, 0.3) is 71.3 Å². The highest BCUT2D eigenvalue weighted by molar-refractivity contribution is 7.03. The summed E-state index contributed by atoms with van der Waals surface area (Å²) in [7, 11) is 0. The van der Waals surface area contributed by atoms with Gasteiger partial charge >= 0.3 is 0 Å². The summed E-state index contributed by atoms with van der Waals surface area (Å²) >= 11 is 0. The molecule has 9 aromatic rings. The Balaban J connectivity index is 1.29. The molecule has 214 valence electrons. The van der Waals surface area contributed by atoms with Crippen molar-refractivity contribution in [1.82, 2.24) is 4.57 Å². The Kier molecular flexibility index (Phi) is 4.33. The van der Waals surface area contributed by atoms with Gasteiger partial charge in [-0.3, -0.25) is 0 Å². The van der Waals surface area contributed by atoms with Gasteiger partial charge in [0.1, 0.15) is 0 Å². The first kappa shape index (κ1) is 24.2. The molecule has 0 unspecified atom stereocenters. The summed E-state index contributed by atoms with van der Waals surface area (Å²) in [4.78, 5) is 2.51. The van der Waals surface area contributed by atoms with Crippen molar-refractivity contribution >= 4 is 83.5 Å². The van der Waals surface area contributed by atoms with E-state index in [1.54, 1.807) is 0 Å². The minimum Gasteiger partial charge on any atom is -0.311 e. The van der Waals surface area contributed by atoms with E-state index in [4.69, 9.17) is 0 Å². The minimum atomic E-state index is 0.161. The summed E-state index contributed by atoms with van der Waals surface area (Å²) in [5.74, 6) is 0. The molecule has 3 aliphatic heterocycles. The molecule has 0 spiro atoms. The van der Waals surface area contributed by atoms with Crippen molar-refractivity contribution in [3.8, 4) is 27.9 Å². The fourth-order valence-electron chi connectivity index (χ4n) is 9.36. The number of para-hydroxylation sites is 3. The van der Waals surface area contributed by atoms with Gasteiger partial charge < -0.3 is 9.47 Å². The van der Waals surface area contributed by atoms with Crippen LogP contribution in [-0.2, 0) is 0 Å². The molecule has 3 aliphatic rings. The van der Waals surface area contributed by atoms with E-state index in [9.17, 15) is 0 Å². The van der Waals surface area contributed by atoms with Crippen LogP contribution in [0.3, 0.4) is 0 Å². The Morgan fingerprint density at radius 2 is 0.915 bits per heavy atom. The lowest BCUT2D eigenvalue weighted by Gasteiger charge is -2.43. The zero-order valence-electron chi connectivity index (χ0n) is 25.4. The van der Waals surface area contributed by atoms with Crippen LogP contribution in [0.1, 0.15) is 0 Å². The summed E-state index contributed by atoms with van der Waals surface area (Å²) in [6.07, 6.45) is 0. The average Bonchev–Trinajstić information content (AvgIpc) is 3.47. The summed E-state index contributed by atoms with van der Waals surface area (Å²) in [6.45, 7) is 0.161. The normalized spacial score (nSPS) is 13.4. The van der Waals surface area contributed by atoms with Crippen LogP contribution in [0.2, 0.25) is 0 Å². The molecule has 0 saturated heterocycles. The molecule has 12 rings (SSSR count). The Labute approximate surface area is 271 Å². The predicted octanol–water partition coefficient (Wildman–Crippen LogP) is 9.35. The molecule has 47 heavy (non-hydrogen) atoms. The van der Waals surface area contributed by atoms with Crippen LogP contribution in [0.15, 0.2) is 152 Å². The lowest BCUT2D eigenvalue weighted by atomic mass is 9.29. The maximum atomic E-state index is 2.51. The van der Waals surface area contributed by atoms with Gasteiger partial charge in [-0.1, -0.05) is 109 Å². The second-order valence-corrected chi connectivity index (χ2v) is 13.2. The molecule has 0 atom stereocenters. The van der Waals surface area contributed by atoms with E-state index in [2.05, 4.69) is 161 Å². The molecule has 8 aromatic carbocycles. The molecule has 0 aliphatic carbocycles. The molecule has 0 fully saturated rings. The molecule has 2 nitrogen and oxygen atoms in total. The smallest absolute Gasteiger partial charge is 0.249 e. The van der Waals surface area contributed by atoms with E-state index < -0.39 is 0 Å². The number of rotatable bonds is 2. The lowest BCUT2D eigenvalue weighted by Crippen LogP contribution is -2.61. The van der Waals surface area contributed by atoms with Gasteiger partial charge in [0.05, 0.1) is 11.0 Å². The van der Waals surface area contributed by atoms with Crippen molar-refractivity contribution in [2.24, 2.45) is 0 Å². The first-order valence-electron chi connectivity index (χ1n) is 16.5. The Bertz CT molecular complexity index is 2690. The molecule has 0 saturated carbocycles. The van der Waals surface area contributed by atoms with Gasteiger partial charge in [-0.05, 0) is 103 Å². The van der Waals surface area contributed by atoms with Crippen molar-refractivity contribution in [1.29, 1.82) is 0 Å². The molecule has 0 bridgehead atoms. The SMILES string of the molecule is c1ccc(N2c3ccc4cccc5c4c3B3c4c-5cc(-n5c6ccccc6c6ccccc65)cc4-c4cccc5ccc2c3c45)cc1. The maximum Gasteiger partial charge on any atom is 0.249 e. The molecule has 0 amide bonds. The third-order valence-corrected chi connectivity index (χ3v) is 11.1. The lowest BCUT2D eigenvalue weighted by molar-refractivity contribution is 1.18. The van der Waals surface area contributed by atoms with Crippen molar-refractivity contribution in [3.63, 3.8) is 0 Å². The summed E-state index contributed by atoms with van der Waals surface area (Å²) in [6, 6.07) is 56.7. The van der Waals surface area contributed by atoms with Crippen LogP contribution < -0.4 is 21.3 Å². The molecule has 1 aromatic heterocycles. The van der Waals surface area contributed by atoms with Gasteiger partial charge in [0.25, 0.3) is 0 Å². The van der Waals surface area contributed by atoms with Gasteiger partial charge in [0.15, 0.2) is 0 Å². The number of anilines is 3. The Morgan fingerprint density at radius 1 is 0.383 bits per heavy atom. The number of nitrogens with zero attached hydrogens (tertiary/aromatic N) is 2. The number of hydrogen-bond acceptors (Lipinski definition) is 1. The van der Waals surface area contributed by atoms with Gasteiger partial charge in [0.2, 0.25) is 6.71 Å². The second-order valence-electron chi connectivity index (χ2n) is 13.2. The largest absolute Gasteiger partial charge is 0.311 e. The van der Waals surface area contributed by atoms with E-state index in [0.29, 0.717) is 0 Å². The highest BCUT2D eigenvalue weighted by Crippen LogP contribution is 2.47. The monoisotopic (exact) mass is 592 g/mol. The topological polar surface area (TPSA) is 8.17 Å². The van der Waals surface area contributed by atoms with E-state index in [0.717, 1.165) is 0 Å². The third kappa shape index (κ3) is 2.85. The second kappa shape index (κ2) is 8.40. The molecule has 0 N–H and O–H groups in total. The van der Waals surface area contributed by atoms with Crippen molar-refractivity contribution in [3.05, 3.63) is 152 Å². The fraction of sp³-hybridized carbons (Fsp3) is 0. The van der Waals surface area contributed by atoms with Gasteiger partial charge in [0, 0.05) is 33.5 Å². The van der Waals surface area contributed by atoms with Crippen molar-refractivity contribution in [2.45, 2.75) is 0 Å². The Morgan fingerprint density at radius 3 is 1.49 bits per heavy atom. The van der Waals surface area contributed by atoms with Gasteiger partial charge in [-0.2, -0.15) is 0 Å². The first-order valence-corrected chi connectivity index (χ1v) is 16.5. The average molecular weight is 593 g/mol.